The fourth-order valence-electron chi connectivity index (χ4n) is 2.08. The fourth-order valence-corrected chi connectivity index (χ4v) is 2.08. The monoisotopic (exact) mass is 305 g/mol. The average Bonchev–Trinajstić information content (AvgIpc) is 2.47. The van der Waals surface area contributed by atoms with Crippen molar-refractivity contribution in [3.8, 4) is 0 Å². The van der Waals surface area contributed by atoms with Crippen molar-refractivity contribution in [1.82, 2.24) is 0 Å². The average molecular weight is 305 g/mol. The Morgan fingerprint density at radius 3 is 2.50 bits per heavy atom. The molecule has 0 unspecified atom stereocenters. The first-order valence-corrected chi connectivity index (χ1v) is 7.26. The van der Waals surface area contributed by atoms with Crippen LogP contribution in [0.2, 0.25) is 0 Å². The zero-order valence-electron chi connectivity index (χ0n) is 12.5. The van der Waals surface area contributed by atoms with Gasteiger partial charge in [-0.15, -0.1) is 0 Å². The number of unbranched alkanes of at least 4 members (excludes halogenated alkanes) is 1. The van der Waals surface area contributed by atoms with Gasteiger partial charge < -0.3 is 25.1 Å². The van der Waals surface area contributed by atoms with E-state index in [1.165, 1.54) is 18.2 Å². The molecule has 1 rings (SSSR count). The molecule has 0 saturated carbocycles. The molecule has 0 radical (unpaired) electrons. The molecule has 0 spiro atoms. The van der Waals surface area contributed by atoms with E-state index in [0.717, 1.165) is 12.8 Å². The number of nitrogens with one attached hydrogen (secondary N) is 1. The Morgan fingerprint density at radius 2 is 1.91 bits per heavy atom. The second-order valence-corrected chi connectivity index (χ2v) is 5.11. The third kappa shape index (κ3) is 5.95. The number of aliphatic carboxylic acids is 1. The SMILES string of the molecule is CCCC[C@@H](CCC(=O)Nc1cccc(C(=O)[O-])c1)C(=O)[O-]. The summed E-state index contributed by atoms with van der Waals surface area (Å²) in [7, 11) is 0. The highest BCUT2D eigenvalue weighted by atomic mass is 16.4. The molecule has 0 fully saturated rings. The summed E-state index contributed by atoms with van der Waals surface area (Å²) in [5.41, 5.74) is 0.304. The Morgan fingerprint density at radius 1 is 1.18 bits per heavy atom. The van der Waals surface area contributed by atoms with Crippen LogP contribution < -0.4 is 15.5 Å². The first-order valence-electron chi connectivity index (χ1n) is 7.26. The van der Waals surface area contributed by atoms with E-state index in [-0.39, 0.29) is 24.3 Å². The van der Waals surface area contributed by atoms with Crippen LogP contribution in [0.25, 0.3) is 0 Å². The van der Waals surface area contributed by atoms with E-state index in [9.17, 15) is 24.6 Å². The molecule has 6 heteroatoms. The summed E-state index contributed by atoms with van der Waals surface area (Å²) < 4.78 is 0. The normalized spacial score (nSPS) is 11.7. The van der Waals surface area contributed by atoms with Gasteiger partial charge in [0, 0.05) is 18.1 Å². The predicted octanol–water partition coefficient (Wildman–Crippen LogP) is 0.325. The maximum absolute atomic E-state index is 11.8. The lowest BCUT2D eigenvalue weighted by Crippen LogP contribution is -2.32. The van der Waals surface area contributed by atoms with Crippen molar-refractivity contribution < 1.29 is 24.6 Å². The molecular weight excluding hydrogens is 286 g/mol. The molecule has 0 aliphatic heterocycles. The zero-order chi connectivity index (χ0) is 16.5. The van der Waals surface area contributed by atoms with Crippen LogP contribution in [0.15, 0.2) is 24.3 Å². The number of carboxylic acid groups (broad SMARTS) is 2. The second-order valence-electron chi connectivity index (χ2n) is 5.11. The van der Waals surface area contributed by atoms with Crippen molar-refractivity contribution in [3.63, 3.8) is 0 Å². The molecule has 1 N–H and O–H groups in total. The maximum atomic E-state index is 11.8. The van der Waals surface area contributed by atoms with Crippen LogP contribution in [0.5, 0.6) is 0 Å². The number of carbonyl (C=O) groups is 3. The third-order valence-electron chi connectivity index (χ3n) is 3.34. The summed E-state index contributed by atoms with van der Waals surface area (Å²) in [4.78, 5) is 33.5. The van der Waals surface area contributed by atoms with Gasteiger partial charge in [-0.2, -0.15) is 0 Å². The van der Waals surface area contributed by atoms with Crippen molar-refractivity contribution in [1.29, 1.82) is 0 Å². The molecule has 0 aliphatic carbocycles. The third-order valence-corrected chi connectivity index (χ3v) is 3.34. The Hall–Kier alpha value is -2.37. The summed E-state index contributed by atoms with van der Waals surface area (Å²) >= 11 is 0. The highest BCUT2D eigenvalue weighted by Crippen LogP contribution is 2.16. The molecule has 120 valence electrons. The molecule has 1 amide bonds. The first-order chi connectivity index (χ1) is 10.4. The predicted molar refractivity (Wildman–Crippen MR) is 76.7 cm³/mol. The van der Waals surface area contributed by atoms with E-state index in [1.54, 1.807) is 6.07 Å². The Kier molecular flexibility index (Phi) is 7.08. The summed E-state index contributed by atoms with van der Waals surface area (Å²) in [6.45, 7) is 1.96. The largest absolute Gasteiger partial charge is 0.550 e. The van der Waals surface area contributed by atoms with Crippen molar-refractivity contribution in [3.05, 3.63) is 29.8 Å². The number of hydrogen-bond acceptors (Lipinski definition) is 5. The van der Waals surface area contributed by atoms with Crippen LogP contribution in [-0.4, -0.2) is 17.8 Å². The van der Waals surface area contributed by atoms with Gasteiger partial charge in [0.25, 0.3) is 0 Å². The molecule has 0 heterocycles. The zero-order valence-corrected chi connectivity index (χ0v) is 12.5. The molecule has 6 nitrogen and oxygen atoms in total. The number of hydrogen-bond donors (Lipinski definition) is 1. The highest BCUT2D eigenvalue weighted by Gasteiger charge is 2.12. The molecule has 0 aliphatic rings. The van der Waals surface area contributed by atoms with Gasteiger partial charge in [0.1, 0.15) is 0 Å². The number of benzene rings is 1. The lowest BCUT2D eigenvalue weighted by molar-refractivity contribution is -0.312. The second kappa shape index (κ2) is 8.81. The molecular formula is C16H19NO5-2. The summed E-state index contributed by atoms with van der Waals surface area (Å²) in [5.74, 6) is -3.47. The Balaban J connectivity index is 2.53. The Labute approximate surface area is 129 Å². The van der Waals surface area contributed by atoms with Gasteiger partial charge in [-0.05, 0) is 36.5 Å². The van der Waals surface area contributed by atoms with Crippen molar-refractivity contribution in [2.24, 2.45) is 5.92 Å². The van der Waals surface area contributed by atoms with Crippen LogP contribution in [-0.2, 0) is 9.59 Å². The van der Waals surface area contributed by atoms with E-state index < -0.39 is 17.9 Å². The first kappa shape index (κ1) is 17.7. The van der Waals surface area contributed by atoms with Gasteiger partial charge in [0.2, 0.25) is 5.91 Å². The number of anilines is 1. The minimum atomic E-state index is -1.33. The fraction of sp³-hybridized carbons (Fsp3) is 0.438. The van der Waals surface area contributed by atoms with E-state index >= 15 is 0 Å². The minimum Gasteiger partial charge on any atom is -0.550 e. The molecule has 0 saturated heterocycles. The quantitative estimate of drug-likeness (QED) is 0.707. The van der Waals surface area contributed by atoms with Crippen LogP contribution in [0.3, 0.4) is 0 Å². The van der Waals surface area contributed by atoms with Gasteiger partial charge in [-0.3, -0.25) is 4.79 Å². The van der Waals surface area contributed by atoms with Crippen molar-refractivity contribution in [2.75, 3.05) is 5.32 Å². The van der Waals surface area contributed by atoms with Gasteiger partial charge >= 0.3 is 0 Å². The van der Waals surface area contributed by atoms with Crippen LogP contribution in [0.4, 0.5) is 5.69 Å². The van der Waals surface area contributed by atoms with E-state index in [1.807, 2.05) is 6.92 Å². The number of carboxylic acids is 2. The Bertz CT molecular complexity index is 541. The van der Waals surface area contributed by atoms with Crippen molar-refractivity contribution >= 4 is 23.5 Å². The van der Waals surface area contributed by atoms with E-state index in [2.05, 4.69) is 5.32 Å². The van der Waals surface area contributed by atoms with Gasteiger partial charge in [0.05, 0.1) is 5.97 Å². The van der Waals surface area contributed by atoms with E-state index in [4.69, 9.17) is 0 Å². The lowest BCUT2D eigenvalue weighted by atomic mass is 9.97. The molecule has 0 bridgehead atoms. The smallest absolute Gasteiger partial charge is 0.224 e. The number of amides is 1. The molecule has 1 aromatic rings. The van der Waals surface area contributed by atoms with E-state index in [0.29, 0.717) is 12.1 Å². The number of rotatable bonds is 9. The molecule has 1 aromatic carbocycles. The molecule has 0 aromatic heterocycles. The molecule has 1 atom stereocenters. The van der Waals surface area contributed by atoms with Crippen molar-refractivity contribution in [2.45, 2.75) is 39.0 Å². The molecule has 22 heavy (non-hydrogen) atoms. The van der Waals surface area contributed by atoms with Gasteiger partial charge in [0.15, 0.2) is 0 Å². The van der Waals surface area contributed by atoms with Crippen LogP contribution >= 0.6 is 0 Å². The lowest BCUT2D eigenvalue weighted by Gasteiger charge is -2.17. The number of carbonyl (C=O) groups excluding carboxylic acids is 3. The topological polar surface area (TPSA) is 109 Å². The van der Waals surface area contributed by atoms with Crippen LogP contribution in [0, 0.1) is 5.92 Å². The minimum absolute atomic E-state index is 0.0339. The summed E-state index contributed by atoms with van der Waals surface area (Å²) in [5, 5.41) is 24.3. The van der Waals surface area contributed by atoms with Crippen LogP contribution in [0.1, 0.15) is 49.4 Å². The standard InChI is InChI=1S/C16H21NO5/c1-2-3-5-11(15(19)20)8-9-14(18)17-13-7-4-6-12(10-13)16(21)22/h4,6-7,10-11H,2-3,5,8-9H2,1H3,(H,17,18)(H,19,20)(H,21,22)/p-2/t11-/m0/s1. The highest BCUT2D eigenvalue weighted by molar-refractivity contribution is 5.93. The van der Waals surface area contributed by atoms with Gasteiger partial charge in [-0.1, -0.05) is 31.9 Å². The number of aromatic carboxylic acids is 1. The summed E-state index contributed by atoms with van der Waals surface area (Å²) in [6.07, 6.45) is 2.39. The summed E-state index contributed by atoms with van der Waals surface area (Å²) in [6, 6.07) is 5.70. The maximum Gasteiger partial charge on any atom is 0.224 e. The van der Waals surface area contributed by atoms with Gasteiger partial charge in [-0.25, -0.2) is 0 Å².